The standard InChI is InChI=1S/C21H25F3N4O3/c22-21(23,24)13-6-7-27(14(8-13)9-25)10-12-2-1-3-15-16(12)11-28(20(15)31)17-4-5-18(29)26-19(17)30/h1-3,13-14,17H,4-11,25H2,(H,26,29,30)/t13-,14+,17?/m1/s1. The number of hydrogen-bond donors (Lipinski definition) is 2. The second-order valence-electron chi connectivity index (χ2n) is 8.47. The summed E-state index contributed by atoms with van der Waals surface area (Å²) in [5.74, 6) is -2.43. The molecule has 3 aliphatic heterocycles. The van der Waals surface area contributed by atoms with Crippen molar-refractivity contribution in [3.05, 3.63) is 34.9 Å². The number of benzene rings is 1. The van der Waals surface area contributed by atoms with Gasteiger partial charge < -0.3 is 10.6 Å². The molecular weight excluding hydrogens is 413 g/mol. The number of imide groups is 1. The SMILES string of the molecule is NC[C@@H]1C[C@H](C(F)(F)F)CCN1Cc1cccc2c1CN(C1CCC(=O)NC1=O)C2=O. The van der Waals surface area contributed by atoms with Crippen molar-refractivity contribution in [1.29, 1.82) is 0 Å². The maximum absolute atomic E-state index is 13.1. The highest BCUT2D eigenvalue weighted by molar-refractivity contribution is 6.05. The van der Waals surface area contributed by atoms with Crippen LogP contribution in [0, 0.1) is 5.92 Å². The first-order valence-corrected chi connectivity index (χ1v) is 10.4. The number of fused-ring (bicyclic) bond motifs is 1. The van der Waals surface area contributed by atoms with Crippen LogP contribution in [-0.2, 0) is 22.7 Å². The molecule has 1 unspecified atom stereocenters. The predicted octanol–water partition coefficient (Wildman–Crippen LogP) is 1.55. The molecule has 0 saturated carbocycles. The number of likely N-dealkylation sites (tertiary alicyclic amines) is 1. The Kier molecular flexibility index (Phi) is 5.78. The van der Waals surface area contributed by atoms with Gasteiger partial charge in [-0.3, -0.25) is 24.6 Å². The Morgan fingerprint density at radius 1 is 1.16 bits per heavy atom. The second kappa shape index (κ2) is 8.23. The second-order valence-corrected chi connectivity index (χ2v) is 8.47. The lowest BCUT2D eigenvalue weighted by Gasteiger charge is -2.39. The molecule has 168 valence electrons. The van der Waals surface area contributed by atoms with Crippen LogP contribution >= 0.6 is 0 Å². The van der Waals surface area contributed by atoms with Gasteiger partial charge in [-0.2, -0.15) is 13.2 Å². The Bertz CT molecular complexity index is 904. The number of carbonyl (C=O) groups is 3. The van der Waals surface area contributed by atoms with Gasteiger partial charge in [0.05, 0.1) is 5.92 Å². The van der Waals surface area contributed by atoms with E-state index >= 15 is 0 Å². The summed E-state index contributed by atoms with van der Waals surface area (Å²) in [6, 6.07) is 4.22. The van der Waals surface area contributed by atoms with Crippen molar-refractivity contribution in [2.75, 3.05) is 13.1 Å². The first-order valence-electron chi connectivity index (χ1n) is 10.4. The Balaban J connectivity index is 1.51. The number of nitrogens with zero attached hydrogens (tertiary/aromatic N) is 2. The van der Waals surface area contributed by atoms with Gasteiger partial charge in [-0.15, -0.1) is 0 Å². The van der Waals surface area contributed by atoms with Crippen molar-refractivity contribution < 1.29 is 27.6 Å². The molecule has 0 radical (unpaired) electrons. The number of rotatable bonds is 4. The fourth-order valence-electron chi connectivity index (χ4n) is 4.87. The lowest BCUT2D eigenvalue weighted by atomic mass is 9.89. The molecule has 7 nitrogen and oxygen atoms in total. The van der Waals surface area contributed by atoms with E-state index in [1.807, 2.05) is 11.0 Å². The topological polar surface area (TPSA) is 95.7 Å². The molecule has 4 rings (SSSR count). The number of alkyl halides is 3. The van der Waals surface area contributed by atoms with Crippen molar-refractivity contribution in [2.45, 2.75) is 57.0 Å². The molecule has 2 fully saturated rings. The summed E-state index contributed by atoms with van der Waals surface area (Å²) in [6.07, 6.45) is -3.77. The monoisotopic (exact) mass is 438 g/mol. The van der Waals surface area contributed by atoms with E-state index < -0.39 is 24.0 Å². The van der Waals surface area contributed by atoms with Gasteiger partial charge in [-0.05, 0) is 43.0 Å². The zero-order chi connectivity index (χ0) is 22.3. The number of halogens is 3. The van der Waals surface area contributed by atoms with Crippen molar-refractivity contribution in [1.82, 2.24) is 15.1 Å². The van der Waals surface area contributed by atoms with Crippen LogP contribution < -0.4 is 11.1 Å². The average molecular weight is 438 g/mol. The highest BCUT2D eigenvalue weighted by Gasteiger charge is 2.44. The molecule has 0 spiro atoms. The first-order chi connectivity index (χ1) is 14.7. The van der Waals surface area contributed by atoms with Crippen molar-refractivity contribution in [3.63, 3.8) is 0 Å². The average Bonchev–Trinajstić information content (AvgIpc) is 3.05. The van der Waals surface area contributed by atoms with Gasteiger partial charge in [0.15, 0.2) is 0 Å². The third kappa shape index (κ3) is 4.18. The van der Waals surface area contributed by atoms with Crippen molar-refractivity contribution >= 4 is 17.7 Å². The zero-order valence-electron chi connectivity index (χ0n) is 17.0. The number of piperidine rings is 2. The molecular formula is C21H25F3N4O3. The van der Waals surface area contributed by atoms with Crippen molar-refractivity contribution in [3.8, 4) is 0 Å². The van der Waals surface area contributed by atoms with Gasteiger partial charge in [0.2, 0.25) is 11.8 Å². The molecule has 31 heavy (non-hydrogen) atoms. The van der Waals surface area contributed by atoms with Crippen LogP contribution in [0.25, 0.3) is 0 Å². The molecule has 3 aliphatic rings. The smallest absolute Gasteiger partial charge is 0.329 e. The minimum absolute atomic E-state index is 0.0242. The van der Waals surface area contributed by atoms with Gasteiger partial charge in [0, 0.05) is 37.7 Å². The van der Waals surface area contributed by atoms with E-state index in [4.69, 9.17) is 5.73 Å². The largest absolute Gasteiger partial charge is 0.391 e. The normalized spacial score (nSPS) is 27.4. The van der Waals surface area contributed by atoms with E-state index in [2.05, 4.69) is 5.32 Å². The van der Waals surface area contributed by atoms with Crippen LogP contribution in [0.5, 0.6) is 0 Å². The van der Waals surface area contributed by atoms with Gasteiger partial charge >= 0.3 is 6.18 Å². The van der Waals surface area contributed by atoms with Crippen molar-refractivity contribution in [2.24, 2.45) is 11.7 Å². The van der Waals surface area contributed by atoms with E-state index in [-0.39, 0.29) is 63.2 Å². The van der Waals surface area contributed by atoms with Gasteiger partial charge in [-0.1, -0.05) is 12.1 Å². The van der Waals surface area contributed by atoms with Gasteiger partial charge in [-0.25, -0.2) is 0 Å². The van der Waals surface area contributed by atoms with Gasteiger partial charge in [0.1, 0.15) is 6.04 Å². The summed E-state index contributed by atoms with van der Waals surface area (Å²) in [5.41, 5.74) is 7.92. The summed E-state index contributed by atoms with van der Waals surface area (Å²) in [5, 5.41) is 2.28. The summed E-state index contributed by atoms with van der Waals surface area (Å²) in [6.45, 7) is 1.04. The third-order valence-corrected chi connectivity index (χ3v) is 6.63. The molecule has 1 aromatic rings. The van der Waals surface area contributed by atoms with Crippen LogP contribution in [0.1, 0.15) is 47.2 Å². The Morgan fingerprint density at radius 2 is 1.94 bits per heavy atom. The lowest BCUT2D eigenvalue weighted by molar-refractivity contribution is -0.189. The van der Waals surface area contributed by atoms with Crippen LogP contribution in [0.2, 0.25) is 0 Å². The molecule has 0 bridgehead atoms. The highest BCUT2D eigenvalue weighted by atomic mass is 19.4. The predicted molar refractivity (Wildman–Crippen MR) is 105 cm³/mol. The van der Waals surface area contributed by atoms with E-state index in [1.54, 1.807) is 12.1 Å². The summed E-state index contributed by atoms with van der Waals surface area (Å²) < 4.78 is 39.4. The Labute approximate surface area is 177 Å². The van der Waals surface area contributed by atoms with Crippen LogP contribution in [0.15, 0.2) is 18.2 Å². The van der Waals surface area contributed by atoms with E-state index in [0.29, 0.717) is 12.1 Å². The molecule has 3 N–H and O–H groups in total. The summed E-state index contributed by atoms with van der Waals surface area (Å²) in [7, 11) is 0. The molecule has 2 saturated heterocycles. The minimum atomic E-state index is -4.22. The van der Waals surface area contributed by atoms with Gasteiger partial charge in [0.25, 0.3) is 5.91 Å². The molecule has 0 aromatic heterocycles. The maximum atomic E-state index is 13.1. The van der Waals surface area contributed by atoms with Crippen LogP contribution in [-0.4, -0.2) is 58.9 Å². The fraction of sp³-hybridized carbons (Fsp3) is 0.571. The summed E-state index contributed by atoms with van der Waals surface area (Å²) in [4.78, 5) is 40.1. The molecule has 3 amide bonds. The number of nitrogens with one attached hydrogen (secondary N) is 1. The third-order valence-electron chi connectivity index (χ3n) is 6.63. The molecule has 3 heterocycles. The number of hydrogen-bond acceptors (Lipinski definition) is 5. The quantitative estimate of drug-likeness (QED) is 0.696. The molecule has 0 aliphatic carbocycles. The Hall–Kier alpha value is -2.46. The summed E-state index contributed by atoms with van der Waals surface area (Å²) >= 11 is 0. The van der Waals surface area contributed by atoms with E-state index in [1.165, 1.54) is 4.90 Å². The highest BCUT2D eigenvalue weighted by Crippen LogP contribution is 2.37. The van der Waals surface area contributed by atoms with E-state index in [9.17, 15) is 27.6 Å². The van der Waals surface area contributed by atoms with Crippen LogP contribution in [0.3, 0.4) is 0 Å². The maximum Gasteiger partial charge on any atom is 0.391 e. The molecule has 1 aromatic carbocycles. The number of amides is 3. The zero-order valence-corrected chi connectivity index (χ0v) is 17.0. The minimum Gasteiger partial charge on any atom is -0.329 e. The first kappa shape index (κ1) is 21.8. The Morgan fingerprint density at radius 3 is 2.61 bits per heavy atom. The fourth-order valence-corrected chi connectivity index (χ4v) is 4.87. The van der Waals surface area contributed by atoms with E-state index in [0.717, 1.165) is 11.1 Å². The number of nitrogens with two attached hydrogens (primary N) is 1. The van der Waals surface area contributed by atoms with Crippen LogP contribution in [0.4, 0.5) is 13.2 Å². The lowest BCUT2D eigenvalue weighted by Crippen LogP contribution is -2.52. The molecule has 10 heteroatoms. The molecule has 3 atom stereocenters. The number of carbonyl (C=O) groups excluding carboxylic acids is 3.